The zero-order chi connectivity index (χ0) is 10.5. The van der Waals surface area contributed by atoms with Gasteiger partial charge in [0.25, 0.3) is 0 Å². The first-order chi connectivity index (χ1) is 7.40. The van der Waals surface area contributed by atoms with Crippen LogP contribution in [0.4, 0.5) is 0 Å². The highest BCUT2D eigenvalue weighted by atomic mass is 14.8. The van der Waals surface area contributed by atoms with Crippen LogP contribution in [0, 0.1) is 11.3 Å². The molecule has 0 aromatic heterocycles. The summed E-state index contributed by atoms with van der Waals surface area (Å²) in [6.45, 7) is 1.34. The van der Waals surface area contributed by atoms with Crippen LogP contribution in [0.5, 0.6) is 0 Å². The van der Waals surface area contributed by atoms with E-state index in [2.05, 4.69) is 29.6 Å². The van der Waals surface area contributed by atoms with Crippen molar-refractivity contribution < 1.29 is 0 Å². The molecule has 0 atom stereocenters. The Morgan fingerprint density at radius 2 is 2.13 bits per heavy atom. The molecular formula is C13H16N2. The molecule has 0 spiro atoms. The summed E-state index contributed by atoms with van der Waals surface area (Å²) in [6, 6.07) is 8.90. The van der Waals surface area contributed by atoms with E-state index >= 15 is 0 Å². The van der Waals surface area contributed by atoms with Crippen molar-refractivity contribution >= 4 is 0 Å². The molecule has 0 unspecified atom stereocenters. The first-order valence-electron chi connectivity index (χ1n) is 5.58. The first kappa shape index (κ1) is 10.2. The zero-order valence-electron chi connectivity index (χ0n) is 8.92. The number of benzene rings is 1. The van der Waals surface area contributed by atoms with Crippen molar-refractivity contribution in [3.8, 4) is 6.07 Å². The summed E-state index contributed by atoms with van der Waals surface area (Å²) >= 11 is 0. The third-order valence-corrected chi connectivity index (χ3v) is 2.96. The summed E-state index contributed by atoms with van der Waals surface area (Å²) in [7, 11) is 0. The van der Waals surface area contributed by atoms with Gasteiger partial charge in [0.2, 0.25) is 0 Å². The minimum Gasteiger partial charge on any atom is -0.304 e. The van der Waals surface area contributed by atoms with Crippen molar-refractivity contribution in [1.29, 1.82) is 5.26 Å². The molecule has 2 heteroatoms. The number of hydrogen-bond donors (Lipinski definition) is 1. The second-order valence-electron chi connectivity index (χ2n) is 4.04. The van der Waals surface area contributed by atoms with E-state index in [1.807, 2.05) is 0 Å². The van der Waals surface area contributed by atoms with E-state index in [9.17, 15) is 0 Å². The Kier molecular flexibility index (Phi) is 3.37. The molecule has 1 aliphatic rings. The van der Waals surface area contributed by atoms with Crippen LogP contribution in [0.25, 0.3) is 0 Å². The Bertz CT molecular complexity index is 377. The second-order valence-corrected chi connectivity index (χ2v) is 4.04. The Hall–Kier alpha value is -1.33. The maximum atomic E-state index is 8.38. The van der Waals surface area contributed by atoms with Crippen LogP contribution in [0.3, 0.4) is 0 Å². The molecule has 0 aliphatic heterocycles. The molecule has 0 saturated carbocycles. The molecule has 15 heavy (non-hydrogen) atoms. The minimum atomic E-state index is 0.449. The van der Waals surface area contributed by atoms with Crippen molar-refractivity contribution in [2.45, 2.75) is 25.7 Å². The van der Waals surface area contributed by atoms with E-state index in [1.165, 1.54) is 36.0 Å². The van der Waals surface area contributed by atoms with Gasteiger partial charge in [0.05, 0.1) is 12.6 Å². The summed E-state index contributed by atoms with van der Waals surface area (Å²) in [5.74, 6) is 0. The van der Waals surface area contributed by atoms with Crippen LogP contribution in [-0.2, 0) is 19.3 Å². The van der Waals surface area contributed by atoms with E-state index in [0.29, 0.717) is 6.54 Å². The minimum absolute atomic E-state index is 0.449. The molecule has 0 fully saturated rings. The van der Waals surface area contributed by atoms with Gasteiger partial charge in [-0.3, -0.25) is 0 Å². The highest BCUT2D eigenvalue weighted by molar-refractivity contribution is 5.35. The zero-order valence-corrected chi connectivity index (χ0v) is 8.92. The van der Waals surface area contributed by atoms with Crippen molar-refractivity contribution in [2.75, 3.05) is 13.1 Å². The summed E-state index contributed by atoms with van der Waals surface area (Å²) in [4.78, 5) is 0. The molecule has 2 rings (SSSR count). The number of nitrogens with one attached hydrogen (secondary N) is 1. The number of fused-ring (bicyclic) bond motifs is 1. The highest BCUT2D eigenvalue weighted by Gasteiger charge is 2.10. The molecule has 0 saturated heterocycles. The molecule has 0 amide bonds. The number of aryl methyl sites for hydroxylation is 2. The van der Waals surface area contributed by atoms with E-state index in [0.717, 1.165) is 13.0 Å². The molecule has 1 aromatic carbocycles. The van der Waals surface area contributed by atoms with Gasteiger partial charge in [0.1, 0.15) is 0 Å². The van der Waals surface area contributed by atoms with Gasteiger partial charge in [-0.15, -0.1) is 0 Å². The van der Waals surface area contributed by atoms with Crippen LogP contribution < -0.4 is 5.32 Å². The Morgan fingerprint density at radius 3 is 3.00 bits per heavy atom. The molecule has 1 aromatic rings. The van der Waals surface area contributed by atoms with E-state index in [4.69, 9.17) is 5.26 Å². The third-order valence-electron chi connectivity index (χ3n) is 2.96. The van der Waals surface area contributed by atoms with Gasteiger partial charge >= 0.3 is 0 Å². The standard InChI is InChI=1S/C13H16N2/c14-7-9-15-8-6-11-4-5-12-2-1-3-13(12)10-11/h4-5,10,15H,1-3,6,8-9H2. The van der Waals surface area contributed by atoms with Crippen LogP contribution in [0.1, 0.15) is 23.1 Å². The summed E-state index contributed by atoms with van der Waals surface area (Å²) < 4.78 is 0. The highest BCUT2D eigenvalue weighted by Crippen LogP contribution is 2.22. The fraction of sp³-hybridized carbons (Fsp3) is 0.462. The molecule has 1 N–H and O–H groups in total. The lowest BCUT2D eigenvalue weighted by Gasteiger charge is -2.04. The van der Waals surface area contributed by atoms with Crippen LogP contribution in [0.2, 0.25) is 0 Å². The number of nitrogens with zero attached hydrogens (tertiary/aromatic N) is 1. The SMILES string of the molecule is N#CCNCCc1ccc2c(c1)CCC2. The largest absolute Gasteiger partial charge is 0.304 e. The second kappa shape index (κ2) is 4.95. The molecule has 0 heterocycles. The van der Waals surface area contributed by atoms with Gasteiger partial charge in [-0.2, -0.15) is 5.26 Å². The Labute approximate surface area is 90.9 Å². The van der Waals surface area contributed by atoms with Crippen molar-refractivity contribution in [3.05, 3.63) is 34.9 Å². The predicted octanol–water partition coefficient (Wildman–Crippen LogP) is 1.83. The summed E-state index contributed by atoms with van der Waals surface area (Å²) in [6.07, 6.45) is 4.83. The monoisotopic (exact) mass is 200 g/mol. The number of rotatable bonds is 4. The fourth-order valence-electron chi connectivity index (χ4n) is 2.16. The Balaban J connectivity index is 1.90. The normalized spacial score (nSPS) is 13.5. The topological polar surface area (TPSA) is 35.8 Å². The number of nitriles is 1. The van der Waals surface area contributed by atoms with Gasteiger partial charge in [-0.1, -0.05) is 18.2 Å². The average molecular weight is 200 g/mol. The van der Waals surface area contributed by atoms with Crippen molar-refractivity contribution in [3.63, 3.8) is 0 Å². The molecule has 0 radical (unpaired) electrons. The van der Waals surface area contributed by atoms with E-state index < -0.39 is 0 Å². The van der Waals surface area contributed by atoms with Crippen LogP contribution in [0.15, 0.2) is 18.2 Å². The lowest BCUT2D eigenvalue weighted by molar-refractivity contribution is 0.749. The van der Waals surface area contributed by atoms with Crippen LogP contribution >= 0.6 is 0 Å². The maximum Gasteiger partial charge on any atom is 0.0841 e. The average Bonchev–Trinajstić information content (AvgIpc) is 2.71. The van der Waals surface area contributed by atoms with Crippen molar-refractivity contribution in [2.24, 2.45) is 0 Å². The molecule has 1 aliphatic carbocycles. The lowest BCUT2D eigenvalue weighted by Crippen LogP contribution is -2.17. The van der Waals surface area contributed by atoms with Gasteiger partial charge in [-0.05, 0) is 42.4 Å². The smallest absolute Gasteiger partial charge is 0.0841 e. The van der Waals surface area contributed by atoms with Gasteiger partial charge in [-0.25, -0.2) is 0 Å². The fourth-order valence-corrected chi connectivity index (χ4v) is 2.16. The summed E-state index contributed by atoms with van der Waals surface area (Å²) in [5.41, 5.74) is 4.46. The van der Waals surface area contributed by atoms with E-state index in [-0.39, 0.29) is 0 Å². The molecule has 0 bridgehead atoms. The van der Waals surface area contributed by atoms with E-state index in [1.54, 1.807) is 0 Å². The Morgan fingerprint density at radius 1 is 1.27 bits per heavy atom. The van der Waals surface area contributed by atoms with Gasteiger partial charge in [0.15, 0.2) is 0 Å². The molecular weight excluding hydrogens is 184 g/mol. The summed E-state index contributed by atoms with van der Waals surface area (Å²) in [5, 5.41) is 11.5. The molecule has 2 nitrogen and oxygen atoms in total. The number of hydrogen-bond acceptors (Lipinski definition) is 2. The van der Waals surface area contributed by atoms with Crippen molar-refractivity contribution in [1.82, 2.24) is 5.32 Å². The first-order valence-corrected chi connectivity index (χ1v) is 5.58. The maximum absolute atomic E-state index is 8.38. The van der Waals surface area contributed by atoms with Gasteiger partial charge < -0.3 is 5.32 Å². The quantitative estimate of drug-likeness (QED) is 0.594. The van der Waals surface area contributed by atoms with Crippen LogP contribution in [-0.4, -0.2) is 13.1 Å². The predicted molar refractivity (Wildman–Crippen MR) is 60.7 cm³/mol. The third kappa shape index (κ3) is 2.57. The lowest BCUT2D eigenvalue weighted by atomic mass is 10.0. The van der Waals surface area contributed by atoms with Gasteiger partial charge in [0, 0.05) is 6.54 Å². The molecule has 78 valence electrons.